The number of nitrogens with zero attached hydrogens (tertiary/aromatic N) is 2. The summed E-state index contributed by atoms with van der Waals surface area (Å²) in [5.41, 5.74) is 1.81. The van der Waals surface area contributed by atoms with Crippen molar-refractivity contribution >= 4 is 0 Å². The molecule has 2 N–H and O–H groups in total. The summed E-state index contributed by atoms with van der Waals surface area (Å²) in [5, 5.41) is 17.3. The van der Waals surface area contributed by atoms with Gasteiger partial charge in [-0.25, -0.2) is 0 Å². The van der Waals surface area contributed by atoms with E-state index in [4.69, 9.17) is 0 Å². The molecule has 0 unspecified atom stereocenters. The van der Waals surface area contributed by atoms with Crippen LogP contribution in [0.1, 0.15) is 38.4 Å². The minimum absolute atomic E-state index is 0.588. The molecule has 1 rings (SSSR count). The molecule has 0 atom stereocenters. The lowest BCUT2D eigenvalue weighted by molar-refractivity contribution is 0.0711. The van der Waals surface area contributed by atoms with Crippen LogP contribution in [0.5, 0.6) is 0 Å². The molecule has 0 radical (unpaired) electrons. The lowest BCUT2D eigenvalue weighted by Gasteiger charge is -2.16. The third kappa shape index (κ3) is 4.33. The highest BCUT2D eigenvalue weighted by atomic mass is 16.3. The molecule has 16 heavy (non-hydrogen) atoms. The second kappa shape index (κ2) is 5.46. The van der Waals surface area contributed by atoms with E-state index in [2.05, 4.69) is 23.5 Å². The Morgan fingerprint density at radius 2 is 2.19 bits per heavy atom. The van der Waals surface area contributed by atoms with Crippen LogP contribution in [0.15, 0.2) is 6.20 Å². The summed E-state index contributed by atoms with van der Waals surface area (Å²) >= 11 is 0. The predicted octanol–water partition coefficient (Wildman–Crippen LogP) is 1.23. The van der Waals surface area contributed by atoms with E-state index >= 15 is 0 Å². The van der Waals surface area contributed by atoms with E-state index in [1.54, 1.807) is 0 Å². The van der Waals surface area contributed by atoms with Crippen molar-refractivity contribution in [3.63, 3.8) is 0 Å². The van der Waals surface area contributed by atoms with Crippen molar-refractivity contribution in [1.29, 1.82) is 0 Å². The molecule has 4 nitrogen and oxygen atoms in total. The molecule has 0 fully saturated rings. The first-order chi connectivity index (χ1) is 7.42. The van der Waals surface area contributed by atoms with E-state index < -0.39 is 5.60 Å². The fraction of sp³-hybridized carbons (Fsp3) is 0.750. The molecule has 1 aromatic rings. The van der Waals surface area contributed by atoms with Gasteiger partial charge < -0.3 is 10.4 Å². The zero-order valence-corrected chi connectivity index (χ0v) is 10.7. The molecule has 0 aliphatic rings. The average molecular weight is 225 g/mol. The van der Waals surface area contributed by atoms with Crippen LogP contribution in [0.2, 0.25) is 0 Å². The fourth-order valence-electron chi connectivity index (χ4n) is 1.65. The lowest BCUT2D eigenvalue weighted by Crippen LogP contribution is -2.26. The molecular weight excluding hydrogens is 202 g/mol. The molecule has 0 saturated carbocycles. The van der Waals surface area contributed by atoms with E-state index in [9.17, 15) is 5.11 Å². The third-order valence-corrected chi connectivity index (χ3v) is 2.56. The number of aromatic nitrogens is 2. The van der Waals surface area contributed by atoms with Crippen LogP contribution >= 0.6 is 0 Å². The van der Waals surface area contributed by atoms with Gasteiger partial charge in [-0.2, -0.15) is 5.10 Å². The van der Waals surface area contributed by atoms with E-state index in [1.807, 2.05) is 25.6 Å². The summed E-state index contributed by atoms with van der Waals surface area (Å²) in [4.78, 5) is 0. The quantitative estimate of drug-likeness (QED) is 0.716. The molecule has 4 heteroatoms. The van der Waals surface area contributed by atoms with Crippen LogP contribution in [0.3, 0.4) is 0 Å². The van der Waals surface area contributed by atoms with Crippen molar-refractivity contribution in [3.05, 3.63) is 17.5 Å². The van der Waals surface area contributed by atoms with Crippen LogP contribution in [-0.4, -0.2) is 27.0 Å². The number of hydrogen-bond acceptors (Lipinski definition) is 3. The van der Waals surface area contributed by atoms with Gasteiger partial charge in [0.2, 0.25) is 0 Å². The largest absolute Gasteiger partial charge is 0.390 e. The Morgan fingerprint density at radius 3 is 2.75 bits per heavy atom. The summed E-state index contributed by atoms with van der Waals surface area (Å²) in [7, 11) is 1.94. The van der Waals surface area contributed by atoms with Gasteiger partial charge in [0, 0.05) is 25.4 Å². The highest BCUT2D eigenvalue weighted by molar-refractivity contribution is 5.16. The van der Waals surface area contributed by atoms with Gasteiger partial charge in [0.15, 0.2) is 0 Å². The SMILES string of the molecule is CCc1nn(C)cc1CNCCC(C)(C)O. The van der Waals surface area contributed by atoms with Gasteiger partial charge >= 0.3 is 0 Å². The maximum absolute atomic E-state index is 9.56. The van der Waals surface area contributed by atoms with Gasteiger partial charge in [-0.05, 0) is 33.2 Å². The van der Waals surface area contributed by atoms with Crippen LogP contribution in [0.25, 0.3) is 0 Å². The normalized spacial score (nSPS) is 12.1. The van der Waals surface area contributed by atoms with Crippen molar-refractivity contribution in [2.24, 2.45) is 7.05 Å². The van der Waals surface area contributed by atoms with Crippen LogP contribution in [0.4, 0.5) is 0 Å². The molecular formula is C12H23N3O. The number of aliphatic hydroxyl groups is 1. The van der Waals surface area contributed by atoms with Crippen LogP contribution in [-0.2, 0) is 20.0 Å². The Bertz CT molecular complexity index is 325. The first-order valence-electron chi connectivity index (χ1n) is 5.87. The Kier molecular flexibility index (Phi) is 4.50. The topological polar surface area (TPSA) is 50.1 Å². The van der Waals surface area contributed by atoms with Gasteiger partial charge in [0.05, 0.1) is 11.3 Å². The zero-order chi connectivity index (χ0) is 12.2. The van der Waals surface area contributed by atoms with Gasteiger partial charge in [0.1, 0.15) is 0 Å². The predicted molar refractivity (Wildman–Crippen MR) is 65.2 cm³/mol. The highest BCUT2D eigenvalue weighted by Gasteiger charge is 2.11. The summed E-state index contributed by atoms with van der Waals surface area (Å²) in [6.45, 7) is 7.42. The highest BCUT2D eigenvalue weighted by Crippen LogP contribution is 2.08. The van der Waals surface area contributed by atoms with Gasteiger partial charge in [0.25, 0.3) is 0 Å². The minimum atomic E-state index is -0.588. The Hall–Kier alpha value is -0.870. The van der Waals surface area contributed by atoms with Gasteiger partial charge in [-0.15, -0.1) is 0 Å². The first-order valence-corrected chi connectivity index (χ1v) is 5.87. The van der Waals surface area contributed by atoms with Crippen LogP contribution < -0.4 is 5.32 Å². The fourth-order valence-corrected chi connectivity index (χ4v) is 1.65. The van der Waals surface area contributed by atoms with E-state index in [0.717, 1.165) is 31.6 Å². The molecule has 0 aromatic carbocycles. The summed E-state index contributed by atoms with van der Waals surface area (Å²) in [6, 6.07) is 0. The van der Waals surface area contributed by atoms with Gasteiger partial charge in [-0.3, -0.25) is 4.68 Å². The van der Waals surface area contributed by atoms with Crippen LogP contribution in [0, 0.1) is 0 Å². The second-order valence-corrected chi connectivity index (χ2v) is 4.87. The molecule has 0 aliphatic heterocycles. The molecule has 0 spiro atoms. The zero-order valence-electron chi connectivity index (χ0n) is 10.7. The number of rotatable bonds is 6. The molecule has 1 aromatic heterocycles. The van der Waals surface area contributed by atoms with E-state index in [-0.39, 0.29) is 0 Å². The summed E-state index contributed by atoms with van der Waals surface area (Å²) < 4.78 is 1.85. The van der Waals surface area contributed by atoms with Crippen molar-refractivity contribution in [2.45, 2.75) is 45.8 Å². The summed E-state index contributed by atoms with van der Waals surface area (Å²) in [6.07, 6.45) is 3.77. The van der Waals surface area contributed by atoms with Gasteiger partial charge in [-0.1, -0.05) is 6.92 Å². The maximum atomic E-state index is 9.56. The maximum Gasteiger partial charge on any atom is 0.0666 e. The molecule has 0 saturated heterocycles. The lowest BCUT2D eigenvalue weighted by atomic mass is 10.1. The Labute approximate surface area is 97.7 Å². The van der Waals surface area contributed by atoms with Crippen molar-refractivity contribution in [2.75, 3.05) is 6.54 Å². The second-order valence-electron chi connectivity index (χ2n) is 4.87. The van der Waals surface area contributed by atoms with Crippen molar-refractivity contribution in [1.82, 2.24) is 15.1 Å². The standard InChI is InChI=1S/C12H23N3O/c1-5-11-10(9-15(4)14-11)8-13-7-6-12(2,3)16/h9,13,16H,5-8H2,1-4H3. The molecule has 92 valence electrons. The first kappa shape index (κ1) is 13.2. The summed E-state index contributed by atoms with van der Waals surface area (Å²) in [5.74, 6) is 0. The minimum Gasteiger partial charge on any atom is -0.390 e. The average Bonchev–Trinajstić information content (AvgIpc) is 2.52. The number of hydrogen-bond donors (Lipinski definition) is 2. The monoisotopic (exact) mass is 225 g/mol. The molecule has 0 aliphatic carbocycles. The van der Waals surface area contributed by atoms with Crippen molar-refractivity contribution in [3.8, 4) is 0 Å². The Balaban J connectivity index is 2.37. The molecule has 0 amide bonds. The number of aryl methyl sites for hydroxylation is 2. The van der Waals surface area contributed by atoms with E-state index in [1.165, 1.54) is 5.56 Å². The molecule has 0 bridgehead atoms. The smallest absolute Gasteiger partial charge is 0.0666 e. The van der Waals surface area contributed by atoms with Crippen molar-refractivity contribution < 1.29 is 5.11 Å². The van der Waals surface area contributed by atoms with E-state index in [0.29, 0.717) is 0 Å². The third-order valence-electron chi connectivity index (χ3n) is 2.56. The number of nitrogens with one attached hydrogen (secondary N) is 1. The Morgan fingerprint density at radius 1 is 1.50 bits per heavy atom. The molecule has 1 heterocycles.